The molecule has 4 heteroatoms. The van der Waals surface area contributed by atoms with Crippen molar-refractivity contribution >= 4 is 11.8 Å². The highest BCUT2D eigenvalue weighted by Gasteiger charge is 2.28. The molecule has 1 aliphatic rings. The van der Waals surface area contributed by atoms with E-state index in [9.17, 15) is 9.59 Å². The molecular weight excluding hydrogens is 156 g/mol. The van der Waals surface area contributed by atoms with Gasteiger partial charge in [0.25, 0.3) is 0 Å². The van der Waals surface area contributed by atoms with Gasteiger partial charge in [0, 0.05) is 13.5 Å². The van der Waals surface area contributed by atoms with Crippen molar-refractivity contribution in [2.75, 3.05) is 6.54 Å². The van der Waals surface area contributed by atoms with Crippen LogP contribution in [-0.4, -0.2) is 29.3 Å². The molecule has 1 heterocycles. The van der Waals surface area contributed by atoms with Crippen LogP contribution in [0, 0.1) is 0 Å². The molecule has 1 rings (SSSR count). The number of nitrogens with two attached hydrogens (primary N) is 1. The molecule has 2 amide bonds. The molecule has 1 aliphatic heterocycles. The predicted molar refractivity (Wildman–Crippen MR) is 44.2 cm³/mol. The number of hydrogen-bond donors (Lipinski definition) is 1. The molecule has 68 valence electrons. The molecule has 0 unspecified atom stereocenters. The van der Waals surface area contributed by atoms with Gasteiger partial charge in [-0.15, -0.1) is 0 Å². The van der Waals surface area contributed by atoms with Crippen molar-refractivity contribution in [2.45, 2.75) is 32.2 Å². The van der Waals surface area contributed by atoms with Crippen LogP contribution in [0.4, 0.5) is 0 Å². The Morgan fingerprint density at radius 2 is 2.08 bits per heavy atom. The smallest absolute Gasteiger partial charge is 0.240 e. The van der Waals surface area contributed by atoms with E-state index in [0.717, 1.165) is 19.3 Å². The Morgan fingerprint density at radius 3 is 2.50 bits per heavy atom. The third-order valence-corrected chi connectivity index (χ3v) is 2.24. The first kappa shape index (κ1) is 9.03. The van der Waals surface area contributed by atoms with E-state index in [1.807, 2.05) is 0 Å². The molecule has 1 saturated heterocycles. The number of likely N-dealkylation sites (tertiary alicyclic amines) is 1. The molecule has 0 saturated carbocycles. The highest BCUT2D eigenvalue weighted by molar-refractivity contribution is 5.85. The van der Waals surface area contributed by atoms with Crippen molar-refractivity contribution in [2.24, 2.45) is 5.73 Å². The van der Waals surface area contributed by atoms with Gasteiger partial charge in [-0.05, 0) is 19.3 Å². The summed E-state index contributed by atoms with van der Waals surface area (Å²) in [6, 6.07) is -0.365. The average Bonchev–Trinajstić information content (AvgIpc) is 2.04. The predicted octanol–water partition coefficient (Wildman–Crippen LogP) is -0.127. The third kappa shape index (κ3) is 1.75. The van der Waals surface area contributed by atoms with Gasteiger partial charge in [-0.1, -0.05) is 0 Å². The lowest BCUT2D eigenvalue weighted by atomic mass is 10.0. The number of primary amides is 1. The second-order valence-electron chi connectivity index (χ2n) is 3.13. The van der Waals surface area contributed by atoms with Crippen LogP contribution in [0.25, 0.3) is 0 Å². The van der Waals surface area contributed by atoms with Gasteiger partial charge < -0.3 is 10.6 Å². The van der Waals surface area contributed by atoms with Crippen LogP contribution in [-0.2, 0) is 9.59 Å². The van der Waals surface area contributed by atoms with E-state index >= 15 is 0 Å². The molecule has 0 bridgehead atoms. The Morgan fingerprint density at radius 1 is 1.42 bits per heavy atom. The SMILES string of the molecule is CC(=O)N1CCCC[C@H]1C(N)=O. The summed E-state index contributed by atoms with van der Waals surface area (Å²) >= 11 is 0. The van der Waals surface area contributed by atoms with Crippen molar-refractivity contribution in [1.29, 1.82) is 0 Å². The van der Waals surface area contributed by atoms with Gasteiger partial charge in [0.05, 0.1) is 0 Å². The van der Waals surface area contributed by atoms with Gasteiger partial charge >= 0.3 is 0 Å². The molecule has 4 nitrogen and oxygen atoms in total. The van der Waals surface area contributed by atoms with Crippen LogP contribution in [0.3, 0.4) is 0 Å². The first-order chi connectivity index (χ1) is 5.63. The number of carbonyl (C=O) groups is 2. The van der Waals surface area contributed by atoms with Gasteiger partial charge in [-0.3, -0.25) is 9.59 Å². The van der Waals surface area contributed by atoms with E-state index < -0.39 is 0 Å². The zero-order chi connectivity index (χ0) is 9.14. The van der Waals surface area contributed by atoms with Crippen LogP contribution < -0.4 is 5.73 Å². The van der Waals surface area contributed by atoms with E-state index in [-0.39, 0.29) is 17.9 Å². The minimum atomic E-state index is -0.384. The zero-order valence-electron chi connectivity index (χ0n) is 7.25. The largest absolute Gasteiger partial charge is 0.368 e. The standard InChI is InChI=1S/C8H14N2O2/c1-6(11)10-5-3-2-4-7(10)8(9)12/h7H,2-5H2,1H3,(H2,9,12)/t7-/m0/s1. The molecule has 0 radical (unpaired) electrons. The summed E-state index contributed by atoms with van der Waals surface area (Å²) in [7, 11) is 0. The Hall–Kier alpha value is -1.06. The van der Waals surface area contributed by atoms with E-state index in [1.165, 1.54) is 6.92 Å². The minimum Gasteiger partial charge on any atom is -0.368 e. The Bertz CT molecular complexity index is 181. The topological polar surface area (TPSA) is 63.4 Å². The first-order valence-electron chi connectivity index (χ1n) is 4.19. The van der Waals surface area contributed by atoms with Gasteiger partial charge in [0.15, 0.2) is 0 Å². The summed E-state index contributed by atoms with van der Waals surface area (Å²) in [5.41, 5.74) is 5.16. The molecular formula is C8H14N2O2. The Labute approximate surface area is 71.7 Å². The van der Waals surface area contributed by atoms with E-state index in [4.69, 9.17) is 5.73 Å². The first-order valence-corrected chi connectivity index (χ1v) is 4.19. The maximum Gasteiger partial charge on any atom is 0.240 e. The van der Waals surface area contributed by atoms with Crippen LogP contribution in [0.5, 0.6) is 0 Å². The fourth-order valence-electron chi connectivity index (χ4n) is 1.60. The normalized spacial score (nSPS) is 23.8. The van der Waals surface area contributed by atoms with Crippen LogP contribution >= 0.6 is 0 Å². The number of nitrogens with zero attached hydrogens (tertiary/aromatic N) is 1. The van der Waals surface area contributed by atoms with Crippen molar-refractivity contribution < 1.29 is 9.59 Å². The average molecular weight is 170 g/mol. The number of carbonyl (C=O) groups excluding carboxylic acids is 2. The highest BCUT2D eigenvalue weighted by atomic mass is 16.2. The maximum absolute atomic E-state index is 11.0. The van der Waals surface area contributed by atoms with Crippen molar-refractivity contribution in [1.82, 2.24) is 4.90 Å². The zero-order valence-corrected chi connectivity index (χ0v) is 7.25. The minimum absolute atomic E-state index is 0.0569. The monoisotopic (exact) mass is 170 g/mol. The number of amides is 2. The summed E-state index contributed by atoms with van der Waals surface area (Å²) in [6.45, 7) is 2.14. The summed E-state index contributed by atoms with van der Waals surface area (Å²) in [5.74, 6) is -0.441. The lowest BCUT2D eigenvalue weighted by Gasteiger charge is -2.32. The van der Waals surface area contributed by atoms with Crippen LogP contribution in [0.15, 0.2) is 0 Å². The Kier molecular flexibility index (Phi) is 2.68. The Balaban J connectivity index is 2.67. The molecule has 12 heavy (non-hydrogen) atoms. The van der Waals surface area contributed by atoms with Crippen molar-refractivity contribution in [3.8, 4) is 0 Å². The summed E-state index contributed by atoms with van der Waals surface area (Å²) in [5, 5.41) is 0. The number of hydrogen-bond acceptors (Lipinski definition) is 2. The second kappa shape index (κ2) is 3.56. The molecule has 0 aromatic carbocycles. The van der Waals surface area contributed by atoms with E-state index in [2.05, 4.69) is 0 Å². The van der Waals surface area contributed by atoms with Crippen LogP contribution in [0.1, 0.15) is 26.2 Å². The lowest BCUT2D eigenvalue weighted by molar-refractivity contribution is -0.139. The van der Waals surface area contributed by atoms with Gasteiger partial charge in [-0.2, -0.15) is 0 Å². The highest BCUT2D eigenvalue weighted by Crippen LogP contribution is 2.16. The summed E-state index contributed by atoms with van der Waals surface area (Å²) in [4.78, 5) is 23.5. The number of rotatable bonds is 1. The fourth-order valence-corrected chi connectivity index (χ4v) is 1.60. The summed E-state index contributed by atoms with van der Waals surface area (Å²) in [6.07, 6.45) is 2.68. The maximum atomic E-state index is 11.0. The molecule has 1 fully saturated rings. The van der Waals surface area contributed by atoms with Crippen LogP contribution in [0.2, 0.25) is 0 Å². The van der Waals surface area contributed by atoms with Crippen molar-refractivity contribution in [3.05, 3.63) is 0 Å². The fraction of sp³-hybridized carbons (Fsp3) is 0.750. The second-order valence-corrected chi connectivity index (χ2v) is 3.13. The molecule has 1 atom stereocenters. The molecule has 0 aromatic heterocycles. The lowest BCUT2D eigenvalue weighted by Crippen LogP contribution is -2.49. The summed E-state index contributed by atoms with van der Waals surface area (Å²) < 4.78 is 0. The molecule has 2 N–H and O–H groups in total. The van der Waals surface area contributed by atoms with Gasteiger partial charge in [-0.25, -0.2) is 0 Å². The molecule has 0 aliphatic carbocycles. The number of piperidine rings is 1. The van der Waals surface area contributed by atoms with E-state index in [0.29, 0.717) is 6.54 Å². The van der Waals surface area contributed by atoms with E-state index in [1.54, 1.807) is 4.90 Å². The van der Waals surface area contributed by atoms with Gasteiger partial charge in [0.2, 0.25) is 11.8 Å². The quantitative estimate of drug-likeness (QED) is 0.596. The third-order valence-electron chi connectivity index (χ3n) is 2.24. The van der Waals surface area contributed by atoms with Crippen molar-refractivity contribution in [3.63, 3.8) is 0 Å². The molecule has 0 spiro atoms. The molecule has 0 aromatic rings. The van der Waals surface area contributed by atoms with Gasteiger partial charge in [0.1, 0.15) is 6.04 Å².